The van der Waals surface area contributed by atoms with Crippen LogP contribution in [0.25, 0.3) is 0 Å². The summed E-state index contributed by atoms with van der Waals surface area (Å²) >= 11 is 0. The molecule has 0 fully saturated rings. The summed E-state index contributed by atoms with van der Waals surface area (Å²) in [5, 5.41) is 9.12. The Morgan fingerprint density at radius 2 is 2.00 bits per heavy atom. The molecule has 0 spiro atoms. The van der Waals surface area contributed by atoms with Crippen LogP contribution in [0.2, 0.25) is 0 Å². The lowest BCUT2D eigenvalue weighted by Crippen LogP contribution is -2.25. The molecule has 1 aliphatic rings. The minimum atomic E-state index is -1.02. The van der Waals surface area contributed by atoms with Gasteiger partial charge in [0.1, 0.15) is 6.10 Å². The van der Waals surface area contributed by atoms with Crippen LogP contribution in [0.3, 0.4) is 0 Å². The molecule has 1 heterocycles. The Bertz CT molecular complexity index is 832. The van der Waals surface area contributed by atoms with Gasteiger partial charge in [-0.15, -0.1) is 0 Å². The zero-order valence-electron chi connectivity index (χ0n) is 14.9. The van der Waals surface area contributed by atoms with E-state index in [-0.39, 0.29) is 29.1 Å². The van der Waals surface area contributed by atoms with E-state index in [0.717, 1.165) is 17.5 Å². The molecule has 2 aromatic rings. The van der Waals surface area contributed by atoms with E-state index in [9.17, 15) is 13.6 Å². The largest absolute Gasteiger partial charge is 0.459 e. The number of benzene rings is 2. The first-order chi connectivity index (χ1) is 12.5. The first kappa shape index (κ1) is 18.5. The number of fused-ring (bicyclic) bond motifs is 1. The van der Waals surface area contributed by atoms with Crippen LogP contribution >= 0.6 is 0 Å². The van der Waals surface area contributed by atoms with Crippen molar-refractivity contribution in [1.82, 2.24) is 0 Å². The number of hydrogen-bond donors (Lipinski definition) is 1. The molecule has 26 heavy (non-hydrogen) atoms. The molecule has 0 bridgehead atoms. The van der Waals surface area contributed by atoms with Gasteiger partial charge in [-0.25, -0.2) is 13.6 Å². The summed E-state index contributed by atoms with van der Waals surface area (Å²) in [6.45, 7) is 3.26. The lowest BCUT2D eigenvalue weighted by molar-refractivity contribution is 0.0301. The second-order valence-electron chi connectivity index (χ2n) is 6.78. The van der Waals surface area contributed by atoms with Crippen molar-refractivity contribution in [2.24, 2.45) is 0 Å². The molecule has 138 valence electrons. The van der Waals surface area contributed by atoms with Crippen molar-refractivity contribution in [2.45, 2.75) is 51.7 Å². The maximum Gasteiger partial charge on any atom is 0.338 e. The number of carbonyl (C=O) groups is 1. The Hall–Kier alpha value is -2.27. The Balaban J connectivity index is 2.06. The summed E-state index contributed by atoms with van der Waals surface area (Å²) in [5.41, 5.74) is 2.33. The van der Waals surface area contributed by atoms with E-state index in [4.69, 9.17) is 9.84 Å². The van der Waals surface area contributed by atoms with Gasteiger partial charge in [-0.3, -0.25) is 0 Å². The molecule has 3 nitrogen and oxygen atoms in total. The third-order valence-corrected chi connectivity index (χ3v) is 4.89. The van der Waals surface area contributed by atoms with Crippen molar-refractivity contribution in [1.29, 1.82) is 0 Å². The van der Waals surface area contributed by atoms with E-state index < -0.39 is 18.2 Å². The summed E-state index contributed by atoms with van der Waals surface area (Å²) in [6, 6.07) is 8.42. The van der Waals surface area contributed by atoms with Crippen LogP contribution in [0.4, 0.5) is 8.78 Å². The zero-order valence-corrected chi connectivity index (χ0v) is 14.9. The predicted molar refractivity (Wildman–Crippen MR) is 94.1 cm³/mol. The third-order valence-electron chi connectivity index (χ3n) is 4.89. The SMILES string of the molecule is CCCC(c1ccc2c(c1)C(=O)OC(C)C2)c1ccc(CO)c(F)c1F. The highest BCUT2D eigenvalue weighted by Crippen LogP contribution is 2.35. The fraction of sp³-hybridized carbons (Fsp3) is 0.381. The molecule has 2 atom stereocenters. The summed E-state index contributed by atoms with van der Waals surface area (Å²) in [7, 11) is 0. The molecule has 0 saturated carbocycles. The molecule has 2 aromatic carbocycles. The molecule has 3 rings (SSSR count). The maximum atomic E-state index is 14.6. The molecular formula is C21H22F2O3. The van der Waals surface area contributed by atoms with Crippen LogP contribution in [0.15, 0.2) is 30.3 Å². The number of rotatable bonds is 5. The summed E-state index contributed by atoms with van der Waals surface area (Å²) in [4.78, 5) is 12.2. The Labute approximate surface area is 151 Å². The number of esters is 1. The van der Waals surface area contributed by atoms with Gasteiger partial charge in [-0.2, -0.15) is 0 Å². The maximum absolute atomic E-state index is 14.6. The average Bonchev–Trinajstić information content (AvgIpc) is 2.62. The van der Waals surface area contributed by atoms with E-state index >= 15 is 0 Å². The van der Waals surface area contributed by atoms with Crippen LogP contribution in [-0.4, -0.2) is 17.2 Å². The lowest BCUT2D eigenvalue weighted by Gasteiger charge is -2.24. The van der Waals surface area contributed by atoms with Gasteiger partial charge >= 0.3 is 5.97 Å². The topological polar surface area (TPSA) is 46.5 Å². The van der Waals surface area contributed by atoms with Crippen LogP contribution in [0.1, 0.15) is 65.2 Å². The lowest BCUT2D eigenvalue weighted by atomic mass is 9.84. The number of ether oxygens (including phenoxy) is 1. The number of aliphatic hydroxyl groups is 1. The fourth-order valence-corrected chi connectivity index (χ4v) is 3.56. The summed E-state index contributed by atoms with van der Waals surface area (Å²) < 4.78 is 34.0. The number of halogens is 2. The Morgan fingerprint density at radius 1 is 1.23 bits per heavy atom. The molecular weight excluding hydrogens is 338 g/mol. The first-order valence-electron chi connectivity index (χ1n) is 8.87. The minimum absolute atomic E-state index is 0.0653. The van der Waals surface area contributed by atoms with Crippen molar-refractivity contribution in [3.8, 4) is 0 Å². The van der Waals surface area contributed by atoms with Crippen molar-refractivity contribution in [2.75, 3.05) is 0 Å². The molecule has 5 heteroatoms. The summed E-state index contributed by atoms with van der Waals surface area (Å²) in [5.74, 6) is -2.71. The molecule has 1 N–H and O–H groups in total. The van der Waals surface area contributed by atoms with Crippen LogP contribution in [0, 0.1) is 11.6 Å². The third kappa shape index (κ3) is 3.36. The van der Waals surface area contributed by atoms with Gasteiger partial charge in [-0.05, 0) is 36.1 Å². The minimum Gasteiger partial charge on any atom is -0.459 e. The Kier molecular flexibility index (Phi) is 5.37. The molecule has 0 saturated heterocycles. The zero-order chi connectivity index (χ0) is 18.8. The molecule has 0 aliphatic carbocycles. The molecule has 2 unspecified atom stereocenters. The van der Waals surface area contributed by atoms with Gasteiger partial charge in [0, 0.05) is 17.9 Å². The highest BCUT2D eigenvalue weighted by molar-refractivity contribution is 5.92. The van der Waals surface area contributed by atoms with Crippen molar-refractivity contribution >= 4 is 5.97 Å². The van der Waals surface area contributed by atoms with Crippen molar-refractivity contribution in [3.63, 3.8) is 0 Å². The van der Waals surface area contributed by atoms with Crippen LogP contribution in [-0.2, 0) is 17.8 Å². The highest BCUT2D eigenvalue weighted by Gasteiger charge is 2.27. The molecule has 0 amide bonds. The first-order valence-corrected chi connectivity index (χ1v) is 8.87. The number of hydrogen-bond acceptors (Lipinski definition) is 3. The predicted octanol–water partition coefficient (Wildman–Crippen LogP) is 4.49. The second kappa shape index (κ2) is 7.54. The van der Waals surface area contributed by atoms with E-state index in [2.05, 4.69) is 0 Å². The quantitative estimate of drug-likeness (QED) is 0.799. The van der Waals surface area contributed by atoms with Gasteiger partial charge in [-0.1, -0.05) is 37.6 Å². The molecule has 0 radical (unpaired) electrons. The van der Waals surface area contributed by atoms with Crippen LogP contribution in [0.5, 0.6) is 0 Å². The second-order valence-corrected chi connectivity index (χ2v) is 6.78. The van der Waals surface area contributed by atoms with Crippen LogP contribution < -0.4 is 0 Å². The van der Waals surface area contributed by atoms with Crippen molar-refractivity contribution < 1.29 is 23.4 Å². The number of aliphatic hydroxyl groups excluding tert-OH is 1. The fourth-order valence-electron chi connectivity index (χ4n) is 3.56. The summed E-state index contributed by atoms with van der Waals surface area (Å²) in [6.07, 6.45) is 1.86. The number of cyclic esters (lactones) is 1. The monoisotopic (exact) mass is 360 g/mol. The van der Waals surface area contributed by atoms with E-state index in [0.29, 0.717) is 18.4 Å². The molecule has 1 aliphatic heterocycles. The standard InChI is InChI=1S/C21H22F2O3/c1-3-4-16(17-8-7-15(11-24)19(22)20(17)23)14-6-5-13-9-12(2)26-21(25)18(13)10-14/h5-8,10,12,16,24H,3-4,9,11H2,1-2H3. The van der Waals surface area contributed by atoms with Gasteiger partial charge in [0.25, 0.3) is 0 Å². The smallest absolute Gasteiger partial charge is 0.338 e. The van der Waals surface area contributed by atoms with Gasteiger partial charge in [0.05, 0.1) is 12.2 Å². The van der Waals surface area contributed by atoms with E-state index in [1.165, 1.54) is 12.1 Å². The van der Waals surface area contributed by atoms with E-state index in [1.54, 1.807) is 6.07 Å². The van der Waals surface area contributed by atoms with Gasteiger partial charge < -0.3 is 9.84 Å². The van der Waals surface area contributed by atoms with Gasteiger partial charge in [0.2, 0.25) is 0 Å². The molecule has 0 aromatic heterocycles. The van der Waals surface area contributed by atoms with Gasteiger partial charge in [0.15, 0.2) is 11.6 Å². The van der Waals surface area contributed by atoms with E-state index in [1.807, 2.05) is 26.0 Å². The highest BCUT2D eigenvalue weighted by atomic mass is 19.2. The number of carbonyl (C=O) groups excluding carboxylic acids is 1. The average molecular weight is 360 g/mol. The normalized spacial score (nSPS) is 17.6. The van der Waals surface area contributed by atoms with Crippen molar-refractivity contribution in [3.05, 3.63) is 69.8 Å². The Morgan fingerprint density at radius 3 is 2.69 bits per heavy atom.